The van der Waals surface area contributed by atoms with Crippen LogP contribution in [0.15, 0.2) is 24.3 Å². The molecule has 140 valence electrons. The van der Waals surface area contributed by atoms with Crippen molar-refractivity contribution in [2.45, 2.75) is 58.0 Å². The number of ether oxygens (including phenoxy) is 1. The Hall–Kier alpha value is -1.91. The Kier molecular flexibility index (Phi) is 4.49. The standard InChI is InChI=1S/C21H26FNO3/c1-13(20(25)23-18-4-2-17(22)3-5-18)26-19(24)12-21-9-14-6-15(10-21)8-16(7-14)11-21/h2-5,13-16H,6-12H2,1H3,(H,23,25)/t13-,14?,15?,16?,21?/m1/s1. The molecule has 0 saturated heterocycles. The molecule has 26 heavy (non-hydrogen) atoms. The zero-order valence-electron chi connectivity index (χ0n) is 15.2. The van der Waals surface area contributed by atoms with Crippen molar-refractivity contribution in [3.63, 3.8) is 0 Å². The first kappa shape index (κ1) is 17.5. The molecule has 5 heteroatoms. The van der Waals surface area contributed by atoms with E-state index in [9.17, 15) is 14.0 Å². The zero-order chi connectivity index (χ0) is 18.3. The van der Waals surface area contributed by atoms with Gasteiger partial charge in [-0.15, -0.1) is 0 Å². The van der Waals surface area contributed by atoms with Crippen molar-refractivity contribution in [3.05, 3.63) is 30.1 Å². The van der Waals surface area contributed by atoms with Crippen LogP contribution in [0.5, 0.6) is 0 Å². The van der Waals surface area contributed by atoms with E-state index >= 15 is 0 Å². The number of carbonyl (C=O) groups is 2. The first-order chi connectivity index (χ1) is 12.4. The second kappa shape index (κ2) is 6.67. The summed E-state index contributed by atoms with van der Waals surface area (Å²) in [6, 6.07) is 5.52. The lowest BCUT2D eigenvalue weighted by atomic mass is 9.49. The van der Waals surface area contributed by atoms with E-state index < -0.39 is 12.0 Å². The van der Waals surface area contributed by atoms with Gasteiger partial charge in [0.2, 0.25) is 0 Å². The highest BCUT2D eigenvalue weighted by Crippen LogP contribution is 2.61. The van der Waals surface area contributed by atoms with Crippen molar-refractivity contribution >= 4 is 17.6 Å². The van der Waals surface area contributed by atoms with Crippen LogP contribution in [0.4, 0.5) is 10.1 Å². The van der Waals surface area contributed by atoms with Crippen LogP contribution in [0, 0.1) is 29.0 Å². The van der Waals surface area contributed by atoms with E-state index in [-0.39, 0.29) is 17.2 Å². The van der Waals surface area contributed by atoms with E-state index in [0.717, 1.165) is 37.0 Å². The molecule has 4 saturated carbocycles. The molecule has 0 radical (unpaired) electrons. The lowest BCUT2D eigenvalue weighted by Crippen LogP contribution is -2.47. The Bertz CT molecular complexity index is 664. The van der Waals surface area contributed by atoms with Gasteiger partial charge in [0.25, 0.3) is 5.91 Å². The maximum absolute atomic E-state index is 12.9. The van der Waals surface area contributed by atoms with Crippen LogP contribution in [-0.2, 0) is 14.3 Å². The highest BCUT2D eigenvalue weighted by molar-refractivity contribution is 5.95. The number of benzene rings is 1. The summed E-state index contributed by atoms with van der Waals surface area (Å²) in [5.41, 5.74) is 0.597. The monoisotopic (exact) mass is 359 g/mol. The van der Waals surface area contributed by atoms with E-state index in [4.69, 9.17) is 4.74 Å². The van der Waals surface area contributed by atoms with E-state index in [1.54, 1.807) is 6.92 Å². The number of amides is 1. The molecule has 4 bridgehead atoms. The molecule has 4 aliphatic carbocycles. The van der Waals surface area contributed by atoms with Crippen LogP contribution in [-0.4, -0.2) is 18.0 Å². The fourth-order valence-electron chi connectivity index (χ4n) is 5.88. The molecule has 1 aromatic carbocycles. The van der Waals surface area contributed by atoms with Gasteiger partial charge in [0, 0.05) is 5.69 Å². The highest BCUT2D eigenvalue weighted by Gasteiger charge is 2.51. The van der Waals surface area contributed by atoms with Crippen LogP contribution >= 0.6 is 0 Å². The first-order valence-corrected chi connectivity index (χ1v) is 9.67. The Labute approximate surface area is 153 Å². The SMILES string of the molecule is C[C@@H](OC(=O)CC12CC3CC(CC(C3)C1)C2)C(=O)Nc1ccc(F)cc1. The molecule has 1 N–H and O–H groups in total. The smallest absolute Gasteiger partial charge is 0.307 e. The molecule has 4 fully saturated rings. The van der Waals surface area contributed by atoms with Crippen molar-refractivity contribution in [1.82, 2.24) is 0 Å². The predicted molar refractivity (Wildman–Crippen MR) is 95.8 cm³/mol. The van der Waals surface area contributed by atoms with Gasteiger partial charge in [-0.3, -0.25) is 9.59 Å². The number of esters is 1. The second-order valence-corrected chi connectivity index (χ2v) is 8.72. The molecule has 0 heterocycles. The minimum Gasteiger partial charge on any atom is -0.453 e. The molecule has 0 unspecified atom stereocenters. The Balaban J connectivity index is 1.31. The van der Waals surface area contributed by atoms with Gasteiger partial charge in [-0.2, -0.15) is 0 Å². The Morgan fingerprint density at radius 2 is 1.65 bits per heavy atom. The summed E-state index contributed by atoms with van der Waals surface area (Å²) in [6.07, 6.45) is 7.02. The van der Waals surface area contributed by atoms with Crippen LogP contribution < -0.4 is 5.32 Å². The van der Waals surface area contributed by atoms with Crippen molar-refractivity contribution in [3.8, 4) is 0 Å². The number of anilines is 1. The van der Waals surface area contributed by atoms with Gasteiger partial charge in [-0.1, -0.05) is 0 Å². The van der Waals surface area contributed by atoms with E-state index in [1.807, 2.05) is 0 Å². The molecule has 4 nitrogen and oxygen atoms in total. The van der Waals surface area contributed by atoms with E-state index in [1.165, 1.54) is 43.5 Å². The van der Waals surface area contributed by atoms with Gasteiger partial charge in [0.15, 0.2) is 6.10 Å². The van der Waals surface area contributed by atoms with Gasteiger partial charge in [0.05, 0.1) is 6.42 Å². The summed E-state index contributed by atoms with van der Waals surface area (Å²) in [7, 11) is 0. The summed E-state index contributed by atoms with van der Waals surface area (Å²) >= 11 is 0. The summed E-state index contributed by atoms with van der Waals surface area (Å²) in [5, 5.41) is 2.65. The molecular weight excluding hydrogens is 333 g/mol. The number of hydrogen-bond acceptors (Lipinski definition) is 3. The summed E-state index contributed by atoms with van der Waals surface area (Å²) in [5.74, 6) is 1.33. The Morgan fingerprint density at radius 3 is 2.19 bits per heavy atom. The highest BCUT2D eigenvalue weighted by atomic mass is 19.1. The summed E-state index contributed by atoms with van der Waals surface area (Å²) in [6.45, 7) is 1.58. The summed E-state index contributed by atoms with van der Waals surface area (Å²) in [4.78, 5) is 24.7. The van der Waals surface area contributed by atoms with Gasteiger partial charge in [-0.25, -0.2) is 4.39 Å². The molecule has 5 rings (SSSR count). The predicted octanol–water partition coefficient (Wildman–Crippen LogP) is 4.30. The second-order valence-electron chi connectivity index (χ2n) is 8.72. The van der Waals surface area contributed by atoms with E-state index in [0.29, 0.717) is 12.1 Å². The topological polar surface area (TPSA) is 55.4 Å². The first-order valence-electron chi connectivity index (χ1n) is 9.67. The van der Waals surface area contributed by atoms with Crippen LogP contribution in [0.2, 0.25) is 0 Å². The molecule has 4 aliphatic rings. The fourth-order valence-corrected chi connectivity index (χ4v) is 5.88. The van der Waals surface area contributed by atoms with Crippen molar-refractivity contribution in [2.24, 2.45) is 23.2 Å². The average Bonchev–Trinajstić information content (AvgIpc) is 2.55. The molecule has 1 amide bonds. The van der Waals surface area contributed by atoms with Crippen LogP contribution in [0.3, 0.4) is 0 Å². The summed E-state index contributed by atoms with van der Waals surface area (Å²) < 4.78 is 18.3. The minimum absolute atomic E-state index is 0.110. The average molecular weight is 359 g/mol. The maximum Gasteiger partial charge on any atom is 0.307 e. The minimum atomic E-state index is -0.860. The maximum atomic E-state index is 12.9. The van der Waals surface area contributed by atoms with Crippen LogP contribution in [0.1, 0.15) is 51.9 Å². The zero-order valence-corrected chi connectivity index (χ0v) is 15.2. The molecule has 0 aromatic heterocycles. The van der Waals surface area contributed by atoms with Gasteiger partial charge >= 0.3 is 5.97 Å². The third-order valence-corrected chi connectivity index (χ3v) is 6.47. The van der Waals surface area contributed by atoms with Crippen molar-refractivity contribution in [2.75, 3.05) is 5.32 Å². The number of carbonyl (C=O) groups excluding carboxylic acids is 2. The number of halogens is 1. The molecule has 1 aromatic rings. The number of hydrogen-bond donors (Lipinski definition) is 1. The van der Waals surface area contributed by atoms with Gasteiger partial charge in [-0.05, 0) is 92.9 Å². The lowest BCUT2D eigenvalue weighted by molar-refractivity contribution is -0.160. The number of rotatable bonds is 5. The normalized spacial score (nSPS) is 32.9. The molecule has 0 spiro atoms. The number of nitrogens with one attached hydrogen (secondary N) is 1. The van der Waals surface area contributed by atoms with Crippen molar-refractivity contribution < 1.29 is 18.7 Å². The molecular formula is C21H26FNO3. The lowest BCUT2D eigenvalue weighted by Gasteiger charge is -2.56. The largest absolute Gasteiger partial charge is 0.453 e. The van der Waals surface area contributed by atoms with E-state index in [2.05, 4.69) is 5.32 Å². The molecule has 1 atom stereocenters. The van der Waals surface area contributed by atoms with Crippen LogP contribution in [0.25, 0.3) is 0 Å². The third kappa shape index (κ3) is 3.62. The Morgan fingerprint density at radius 1 is 1.12 bits per heavy atom. The van der Waals surface area contributed by atoms with Gasteiger partial charge < -0.3 is 10.1 Å². The fraction of sp³-hybridized carbons (Fsp3) is 0.619. The van der Waals surface area contributed by atoms with Gasteiger partial charge in [0.1, 0.15) is 5.82 Å². The van der Waals surface area contributed by atoms with Crippen molar-refractivity contribution in [1.29, 1.82) is 0 Å². The third-order valence-electron chi connectivity index (χ3n) is 6.47. The quantitative estimate of drug-likeness (QED) is 0.798. The molecule has 0 aliphatic heterocycles.